The number of hydrogen-bond donors (Lipinski definition) is 2. The molecule has 2 aromatic carbocycles. The van der Waals surface area contributed by atoms with Crippen molar-refractivity contribution < 1.29 is 13.2 Å². The van der Waals surface area contributed by atoms with Gasteiger partial charge in [-0.15, -0.1) is 5.10 Å². The van der Waals surface area contributed by atoms with E-state index in [0.29, 0.717) is 16.6 Å². The second-order valence-electron chi connectivity index (χ2n) is 5.25. The van der Waals surface area contributed by atoms with Gasteiger partial charge in [0.2, 0.25) is 10.0 Å². The lowest BCUT2D eigenvalue weighted by atomic mass is 10.1. The molecule has 3 aromatic rings. The summed E-state index contributed by atoms with van der Waals surface area (Å²) >= 11 is 0. The van der Waals surface area contributed by atoms with E-state index in [2.05, 4.69) is 15.5 Å². The number of carbonyl (C=O) groups is 1. The first-order valence-electron chi connectivity index (χ1n) is 7.01. The smallest absolute Gasteiger partial charge is 0.276 e. The highest BCUT2D eigenvalue weighted by molar-refractivity contribution is 7.89. The fourth-order valence-electron chi connectivity index (χ4n) is 2.34. The van der Waals surface area contributed by atoms with Crippen molar-refractivity contribution in [3.63, 3.8) is 0 Å². The SMILES string of the molecule is Cc1ccnnc1C(=O)Nc1cccc2ccc(S(N)(=O)=O)cc12. The van der Waals surface area contributed by atoms with E-state index >= 15 is 0 Å². The topological polar surface area (TPSA) is 115 Å². The van der Waals surface area contributed by atoms with Crippen LogP contribution in [0.25, 0.3) is 10.8 Å². The summed E-state index contributed by atoms with van der Waals surface area (Å²) in [7, 11) is -3.83. The number of hydrogen-bond acceptors (Lipinski definition) is 5. The average Bonchev–Trinajstić information content (AvgIpc) is 2.54. The van der Waals surface area contributed by atoms with Crippen LogP contribution in [0.3, 0.4) is 0 Å². The highest BCUT2D eigenvalue weighted by Crippen LogP contribution is 2.26. The number of rotatable bonds is 3. The number of anilines is 1. The minimum Gasteiger partial charge on any atom is -0.320 e. The van der Waals surface area contributed by atoms with Crippen molar-refractivity contribution in [2.45, 2.75) is 11.8 Å². The van der Waals surface area contributed by atoms with E-state index in [1.807, 2.05) is 6.07 Å². The van der Waals surface area contributed by atoms with Crippen LogP contribution in [0.4, 0.5) is 5.69 Å². The molecule has 0 aliphatic carbocycles. The Bertz CT molecular complexity index is 1050. The van der Waals surface area contributed by atoms with Gasteiger partial charge in [-0.2, -0.15) is 5.10 Å². The number of nitrogens with zero attached hydrogens (tertiary/aromatic N) is 2. The largest absolute Gasteiger partial charge is 0.320 e. The zero-order valence-corrected chi connectivity index (χ0v) is 13.5. The van der Waals surface area contributed by atoms with E-state index in [0.717, 1.165) is 5.39 Å². The highest BCUT2D eigenvalue weighted by atomic mass is 32.2. The van der Waals surface area contributed by atoms with Gasteiger partial charge < -0.3 is 5.32 Å². The number of amides is 1. The summed E-state index contributed by atoms with van der Waals surface area (Å²) < 4.78 is 23.1. The number of primary sulfonamides is 1. The minimum atomic E-state index is -3.83. The molecule has 3 rings (SSSR count). The summed E-state index contributed by atoms with van der Waals surface area (Å²) in [5, 5.41) is 16.8. The molecule has 1 amide bonds. The summed E-state index contributed by atoms with van der Waals surface area (Å²) in [6, 6.07) is 11.4. The fraction of sp³-hybridized carbons (Fsp3) is 0.0625. The van der Waals surface area contributed by atoms with E-state index < -0.39 is 15.9 Å². The number of fused-ring (bicyclic) bond motifs is 1. The Morgan fingerprint density at radius 2 is 1.96 bits per heavy atom. The van der Waals surface area contributed by atoms with Crippen molar-refractivity contribution >= 4 is 32.4 Å². The van der Waals surface area contributed by atoms with Crippen LogP contribution in [0, 0.1) is 6.92 Å². The maximum Gasteiger partial charge on any atom is 0.276 e. The molecule has 3 N–H and O–H groups in total. The summed E-state index contributed by atoms with van der Waals surface area (Å²) in [5.41, 5.74) is 1.36. The lowest BCUT2D eigenvalue weighted by Crippen LogP contribution is -2.16. The Balaban J connectivity index is 2.06. The molecule has 0 fully saturated rings. The van der Waals surface area contributed by atoms with Gasteiger partial charge in [0, 0.05) is 17.3 Å². The van der Waals surface area contributed by atoms with Crippen LogP contribution in [-0.2, 0) is 10.0 Å². The van der Waals surface area contributed by atoms with Crippen molar-refractivity contribution in [3.05, 3.63) is 59.9 Å². The van der Waals surface area contributed by atoms with Crippen LogP contribution in [-0.4, -0.2) is 24.5 Å². The van der Waals surface area contributed by atoms with Gasteiger partial charge in [0.25, 0.3) is 5.91 Å². The van der Waals surface area contributed by atoms with Gasteiger partial charge in [-0.1, -0.05) is 18.2 Å². The summed E-state index contributed by atoms with van der Waals surface area (Å²) in [4.78, 5) is 12.4. The molecule has 7 nitrogen and oxygen atoms in total. The lowest BCUT2D eigenvalue weighted by Gasteiger charge is -2.10. The third-order valence-corrected chi connectivity index (χ3v) is 4.48. The van der Waals surface area contributed by atoms with Gasteiger partial charge in [-0.05, 0) is 42.1 Å². The molecule has 8 heteroatoms. The van der Waals surface area contributed by atoms with E-state index in [1.165, 1.54) is 18.3 Å². The number of nitrogens with two attached hydrogens (primary N) is 1. The third kappa shape index (κ3) is 3.10. The summed E-state index contributed by atoms with van der Waals surface area (Å²) in [6.45, 7) is 1.76. The van der Waals surface area contributed by atoms with E-state index in [4.69, 9.17) is 5.14 Å². The number of nitrogens with one attached hydrogen (secondary N) is 1. The van der Waals surface area contributed by atoms with E-state index in [1.54, 1.807) is 31.2 Å². The second-order valence-corrected chi connectivity index (χ2v) is 6.81. The van der Waals surface area contributed by atoms with Crippen LogP contribution in [0.2, 0.25) is 0 Å². The maximum atomic E-state index is 12.4. The molecular weight excluding hydrogens is 328 g/mol. The average molecular weight is 342 g/mol. The third-order valence-electron chi connectivity index (χ3n) is 3.57. The van der Waals surface area contributed by atoms with Crippen LogP contribution in [0.1, 0.15) is 16.1 Å². The molecule has 0 saturated heterocycles. The molecule has 0 unspecified atom stereocenters. The first kappa shape index (κ1) is 16.0. The number of sulfonamides is 1. The maximum absolute atomic E-state index is 12.4. The predicted octanol–water partition coefficient (Wildman–Crippen LogP) is 1.84. The zero-order chi connectivity index (χ0) is 17.3. The van der Waals surface area contributed by atoms with E-state index in [-0.39, 0.29) is 10.6 Å². The Kier molecular flexibility index (Phi) is 4.00. The molecule has 24 heavy (non-hydrogen) atoms. The van der Waals surface area contributed by atoms with Crippen molar-refractivity contribution in [1.29, 1.82) is 0 Å². The Morgan fingerprint density at radius 1 is 1.17 bits per heavy atom. The molecule has 1 aromatic heterocycles. The zero-order valence-electron chi connectivity index (χ0n) is 12.7. The van der Waals surface area contributed by atoms with Gasteiger partial charge >= 0.3 is 0 Å². The summed E-state index contributed by atoms with van der Waals surface area (Å²) in [6.07, 6.45) is 1.50. The second kappa shape index (κ2) is 5.99. The van der Waals surface area contributed by atoms with Crippen LogP contribution >= 0.6 is 0 Å². The Labute approximate surface area is 138 Å². The molecule has 0 radical (unpaired) electrons. The van der Waals surface area contributed by atoms with Crippen LogP contribution in [0.15, 0.2) is 53.6 Å². The lowest BCUT2D eigenvalue weighted by molar-refractivity contribution is 0.102. The van der Waals surface area contributed by atoms with Gasteiger partial charge in [0.15, 0.2) is 5.69 Å². The number of benzene rings is 2. The standard InChI is InChI=1S/C16H14N4O3S/c1-10-7-8-18-20-15(10)16(21)19-14-4-2-3-11-5-6-12(9-13(11)14)24(17,22)23/h2-9H,1H3,(H,19,21)(H2,17,22,23). The number of aromatic nitrogens is 2. The first-order chi connectivity index (χ1) is 11.4. The molecule has 0 aliphatic rings. The molecular formula is C16H14N4O3S. The number of aryl methyl sites for hydroxylation is 1. The van der Waals surface area contributed by atoms with Gasteiger partial charge in [0.05, 0.1) is 4.90 Å². The van der Waals surface area contributed by atoms with Crippen LogP contribution < -0.4 is 10.5 Å². The van der Waals surface area contributed by atoms with E-state index in [9.17, 15) is 13.2 Å². The van der Waals surface area contributed by atoms with Crippen molar-refractivity contribution in [2.75, 3.05) is 5.32 Å². The predicted molar refractivity (Wildman–Crippen MR) is 90.0 cm³/mol. The Morgan fingerprint density at radius 3 is 2.67 bits per heavy atom. The molecule has 122 valence electrons. The Hall–Kier alpha value is -2.84. The molecule has 0 saturated carbocycles. The molecule has 0 spiro atoms. The van der Waals surface area contributed by atoms with Gasteiger partial charge in [-0.25, -0.2) is 13.6 Å². The van der Waals surface area contributed by atoms with Crippen molar-refractivity contribution in [3.8, 4) is 0 Å². The summed E-state index contributed by atoms with van der Waals surface area (Å²) in [5.74, 6) is -0.422. The molecule has 1 heterocycles. The minimum absolute atomic E-state index is 0.0209. The quantitative estimate of drug-likeness (QED) is 0.753. The van der Waals surface area contributed by atoms with Crippen LogP contribution in [0.5, 0.6) is 0 Å². The first-order valence-corrected chi connectivity index (χ1v) is 8.56. The molecule has 0 atom stereocenters. The number of carbonyl (C=O) groups excluding carboxylic acids is 1. The molecule has 0 aliphatic heterocycles. The monoisotopic (exact) mass is 342 g/mol. The van der Waals surface area contributed by atoms with Crippen molar-refractivity contribution in [2.24, 2.45) is 5.14 Å². The van der Waals surface area contributed by atoms with Gasteiger partial charge in [-0.3, -0.25) is 4.79 Å². The van der Waals surface area contributed by atoms with Gasteiger partial charge in [0.1, 0.15) is 0 Å². The fourth-order valence-corrected chi connectivity index (χ4v) is 2.88. The van der Waals surface area contributed by atoms with Crippen molar-refractivity contribution in [1.82, 2.24) is 10.2 Å². The normalized spacial score (nSPS) is 11.4. The molecule has 0 bridgehead atoms. The highest BCUT2D eigenvalue weighted by Gasteiger charge is 2.14.